The highest BCUT2D eigenvalue weighted by molar-refractivity contribution is 6.30. The van der Waals surface area contributed by atoms with Gasteiger partial charge in [0.25, 0.3) is 0 Å². The minimum Gasteiger partial charge on any atom is -0.380 e. The van der Waals surface area contributed by atoms with Crippen molar-refractivity contribution in [3.05, 3.63) is 77.1 Å². The molecule has 0 aliphatic rings. The number of nitrogens with one attached hydrogen (secondary N) is 1. The SMILES string of the molecule is NCC[C@@](O)(c1ccc(Cl)cc1)c1ccc(-c2cn[nH]c2)cc1. The van der Waals surface area contributed by atoms with Gasteiger partial charge in [-0.05, 0) is 41.8 Å². The minimum atomic E-state index is -1.13. The van der Waals surface area contributed by atoms with E-state index in [2.05, 4.69) is 10.2 Å². The van der Waals surface area contributed by atoms with Gasteiger partial charge in [0.15, 0.2) is 0 Å². The van der Waals surface area contributed by atoms with E-state index in [0.29, 0.717) is 18.0 Å². The molecule has 0 aliphatic carbocycles. The number of rotatable bonds is 5. The summed E-state index contributed by atoms with van der Waals surface area (Å²) in [6, 6.07) is 15.0. The number of hydrogen-bond donors (Lipinski definition) is 3. The summed E-state index contributed by atoms with van der Waals surface area (Å²) in [6.45, 7) is 0.378. The first-order valence-corrected chi connectivity index (χ1v) is 7.79. The summed E-state index contributed by atoms with van der Waals surface area (Å²) < 4.78 is 0. The number of aromatic amines is 1. The van der Waals surface area contributed by atoms with Crippen LogP contribution in [0.4, 0.5) is 0 Å². The maximum absolute atomic E-state index is 11.2. The third kappa shape index (κ3) is 3.15. The Labute approximate surface area is 139 Å². The van der Waals surface area contributed by atoms with Crippen molar-refractivity contribution in [2.24, 2.45) is 5.73 Å². The second-order valence-electron chi connectivity index (χ2n) is 5.47. The number of hydrogen-bond acceptors (Lipinski definition) is 3. The molecule has 0 bridgehead atoms. The summed E-state index contributed by atoms with van der Waals surface area (Å²) in [5.41, 5.74) is 8.22. The topological polar surface area (TPSA) is 74.9 Å². The highest BCUT2D eigenvalue weighted by atomic mass is 35.5. The van der Waals surface area contributed by atoms with Crippen LogP contribution in [0.5, 0.6) is 0 Å². The number of aliphatic hydroxyl groups is 1. The van der Waals surface area contributed by atoms with Gasteiger partial charge in [0, 0.05) is 16.8 Å². The molecule has 5 heteroatoms. The van der Waals surface area contributed by atoms with E-state index in [1.54, 1.807) is 18.3 Å². The van der Waals surface area contributed by atoms with E-state index in [9.17, 15) is 5.11 Å². The van der Waals surface area contributed by atoms with Crippen LogP contribution in [-0.2, 0) is 5.60 Å². The van der Waals surface area contributed by atoms with Crippen LogP contribution in [0.15, 0.2) is 60.9 Å². The Morgan fingerprint density at radius 1 is 1.00 bits per heavy atom. The summed E-state index contributed by atoms with van der Waals surface area (Å²) in [5.74, 6) is 0. The molecule has 2 aromatic carbocycles. The molecule has 0 radical (unpaired) electrons. The molecule has 4 nitrogen and oxygen atoms in total. The predicted octanol–water partition coefficient (Wildman–Crippen LogP) is 3.31. The second-order valence-corrected chi connectivity index (χ2v) is 5.91. The first-order valence-electron chi connectivity index (χ1n) is 7.41. The minimum absolute atomic E-state index is 0.378. The lowest BCUT2D eigenvalue weighted by Gasteiger charge is -2.29. The number of nitrogens with zero attached hydrogens (tertiary/aromatic N) is 1. The number of H-pyrrole nitrogens is 1. The van der Waals surface area contributed by atoms with Crippen LogP contribution < -0.4 is 5.73 Å². The lowest BCUT2D eigenvalue weighted by Crippen LogP contribution is -2.30. The van der Waals surface area contributed by atoms with Crippen LogP contribution in [0.25, 0.3) is 11.1 Å². The van der Waals surface area contributed by atoms with Crippen molar-refractivity contribution in [1.29, 1.82) is 0 Å². The van der Waals surface area contributed by atoms with Crippen molar-refractivity contribution in [2.45, 2.75) is 12.0 Å². The molecule has 23 heavy (non-hydrogen) atoms. The smallest absolute Gasteiger partial charge is 0.116 e. The molecule has 0 unspecified atom stereocenters. The first kappa shape index (κ1) is 15.7. The summed E-state index contributed by atoms with van der Waals surface area (Å²) in [5, 5.41) is 18.6. The van der Waals surface area contributed by atoms with Gasteiger partial charge in [-0.15, -0.1) is 0 Å². The van der Waals surface area contributed by atoms with Crippen molar-refractivity contribution in [1.82, 2.24) is 10.2 Å². The van der Waals surface area contributed by atoms with E-state index in [4.69, 9.17) is 17.3 Å². The van der Waals surface area contributed by atoms with Gasteiger partial charge in [-0.3, -0.25) is 5.10 Å². The fourth-order valence-corrected chi connectivity index (χ4v) is 2.86. The standard InChI is InChI=1S/C18H18ClN3O/c19-17-7-5-16(6-8-17)18(23,9-10-20)15-3-1-13(2-4-15)14-11-21-22-12-14/h1-8,11-12,23H,9-10,20H2,(H,21,22)/t18-/m0/s1. The monoisotopic (exact) mass is 327 g/mol. The maximum Gasteiger partial charge on any atom is 0.116 e. The van der Waals surface area contributed by atoms with Gasteiger partial charge < -0.3 is 10.8 Å². The third-order valence-electron chi connectivity index (χ3n) is 4.02. The molecule has 0 saturated heterocycles. The first-order chi connectivity index (χ1) is 11.1. The van der Waals surface area contributed by atoms with Crippen LogP contribution in [-0.4, -0.2) is 21.8 Å². The molecular formula is C18H18ClN3O. The second kappa shape index (κ2) is 6.54. The molecule has 118 valence electrons. The van der Waals surface area contributed by atoms with Crippen LogP contribution in [0.3, 0.4) is 0 Å². The lowest BCUT2D eigenvalue weighted by atomic mass is 9.83. The Kier molecular flexibility index (Phi) is 4.48. The Balaban J connectivity index is 1.99. The van der Waals surface area contributed by atoms with Crippen molar-refractivity contribution < 1.29 is 5.11 Å². The van der Waals surface area contributed by atoms with Crippen LogP contribution >= 0.6 is 11.6 Å². The van der Waals surface area contributed by atoms with Crippen molar-refractivity contribution in [2.75, 3.05) is 6.54 Å². The lowest BCUT2D eigenvalue weighted by molar-refractivity contribution is 0.0737. The Morgan fingerprint density at radius 2 is 1.61 bits per heavy atom. The normalized spacial score (nSPS) is 13.7. The van der Waals surface area contributed by atoms with Gasteiger partial charge in [0.05, 0.1) is 6.20 Å². The maximum atomic E-state index is 11.2. The quantitative estimate of drug-likeness (QED) is 0.673. The molecule has 0 spiro atoms. The molecule has 1 heterocycles. The third-order valence-corrected chi connectivity index (χ3v) is 4.27. The number of benzene rings is 2. The summed E-state index contributed by atoms with van der Waals surface area (Å²) in [7, 11) is 0. The van der Waals surface area contributed by atoms with E-state index in [-0.39, 0.29) is 0 Å². The average Bonchev–Trinajstić information content (AvgIpc) is 3.10. The van der Waals surface area contributed by atoms with Gasteiger partial charge in [-0.1, -0.05) is 48.0 Å². The molecule has 0 aliphatic heterocycles. The van der Waals surface area contributed by atoms with Crippen molar-refractivity contribution in [3.8, 4) is 11.1 Å². The molecule has 4 N–H and O–H groups in total. The number of nitrogens with two attached hydrogens (primary N) is 1. The fourth-order valence-electron chi connectivity index (χ4n) is 2.74. The molecule has 0 saturated carbocycles. The average molecular weight is 328 g/mol. The zero-order valence-electron chi connectivity index (χ0n) is 12.5. The van der Waals surface area contributed by atoms with Crippen LogP contribution in [0.2, 0.25) is 5.02 Å². The molecule has 0 amide bonds. The van der Waals surface area contributed by atoms with Crippen molar-refractivity contribution in [3.63, 3.8) is 0 Å². The largest absolute Gasteiger partial charge is 0.380 e. The molecule has 1 aromatic heterocycles. The van der Waals surface area contributed by atoms with E-state index >= 15 is 0 Å². The molecule has 1 atom stereocenters. The van der Waals surface area contributed by atoms with Gasteiger partial charge in [-0.2, -0.15) is 5.10 Å². The molecule has 3 rings (SSSR count). The highest BCUT2D eigenvalue weighted by Gasteiger charge is 2.30. The van der Waals surface area contributed by atoms with Gasteiger partial charge in [0.1, 0.15) is 5.60 Å². The summed E-state index contributed by atoms with van der Waals surface area (Å²) in [6.07, 6.45) is 4.03. The number of halogens is 1. The van der Waals surface area contributed by atoms with E-state index in [0.717, 1.165) is 22.3 Å². The summed E-state index contributed by atoms with van der Waals surface area (Å²) in [4.78, 5) is 0. The van der Waals surface area contributed by atoms with Crippen molar-refractivity contribution >= 4 is 11.6 Å². The van der Waals surface area contributed by atoms with E-state index < -0.39 is 5.60 Å². The van der Waals surface area contributed by atoms with Crippen LogP contribution in [0, 0.1) is 0 Å². The Bertz CT molecular complexity index is 754. The zero-order valence-corrected chi connectivity index (χ0v) is 13.3. The molecular weight excluding hydrogens is 310 g/mol. The van der Waals surface area contributed by atoms with Gasteiger partial charge >= 0.3 is 0 Å². The van der Waals surface area contributed by atoms with Gasteiger partial charge in [0.2, 0.25) is 0 Å². The highest BCUT2D eigenvalue weighted by Crippen LogP contribution is 2.34. The van der Waals surface area contributed by atoms with Crippen LogP contribution in [0.1, 0.15) is 17.5 Å². The number of aromatic nitrogens is 2. The Hall–Kier alpha value is -2.14. The fraction of sp³-hybridized carbons (Fsp3) is 0.167. The predicted molar refractivity (Wildman–Crippen MR) is 92.1 cm³/mol. The van der Waals surface area contributed by atoms with E-state index in [1.807, 2.05) is 42.6 Å². The summed E-state index contributed by atoms with van der Waals surface area (Å²) >= 11 is 5.95. The molecule has 0 fully saturated rings. The van der Waals surface area contributed by atoms with E-state index in [1.165, 1.54) is 0 Å². The Morgan fingerprint density at radius 3 is 2.13 bits per heavy atom. The molecule has 3 aromatic rings. The van der Waals surface area contributed by atoms with Gasteiger partial charge in [-0.25, -0.2) is 0 Å². The zero-order chi connectivity index (χ0) is 16.3.